The third-order valence-corrected chi connectivity index (χ3v) is 5.61. The number of halogens is 1. The molecule has 3 aliphatic heterocycles. The van der Waals surface area contributed by atoms with Crippen LogP contribution < -0.4 is 5.32 Å². The van der Waals surface area contributed by atoms with Crippen molar-refractivity contribution in [1.29, 1.82) is 0 Å². The van der Waals surface area contributed by atoms with Crippen LogP contribution in [0.15, 0.2) is 29.4 Å². The summed E-state index contributed by atoms with van der Waals surface area (Å²) in [5, 5.41) is 7.40. The minimum absolute atomic E-state index is 0.0759. The molecule has 1 atom stereocenters. The van der Waals surface area contributed by atoms with Crippen LogP contribution in [0, 0.1) is 0 Å². The van der Waals surface area contributed by atoms with Crippen LogP contribution in [0.1, 0.15) is 32.1 Å². The zero-order valence-corrected chi connectivity index (χ0v) is 15.9. The van der Waals surface area contributed by atoms with Crippen LogP contribution in [0.5, 0.6) is 0 Å². The quantitative estimate of drug-likeness (QED) is 0.843. The normalized spacial score (nSPS) is 24.7. The number of hydrogen-bond acceptors (Lipinski definition) is 4. The molecule has 2 saturated heterocycles. The van der Waals surface area contributed by atoms with Crippen LogP contribution in [0.25, 0.3) is 0 Å². The Hall–Kier alpha value is -2.28. The highest BCUT2D eigenvalue weighted by molar-refractivity contribution is 6.43. The molecule has 1 N–H and O–H groups in total. The fraction of sp³-hybridized carbons (Fsp3) is 0.526. The van der Waals surface area contributed by atoms with E-state index < -0.39 is 5.60 Å². The molecule has 3 heterocycles. The van der Waals surface area contributed by atoms with Gasteiger partial charge in [-0.25, -0.2) is 4.79 Å². The van der Waals surface area contributed by atoms with Crippen LogP contribution >= 0.6 is 11.6 Å². The van der Waals surface area contributed by atoms with Crippen LogP contribution in [-0.4, -0.2) is 59.2 Å². The summed E-state index contributed by atoms with van der Waals surface area (Å²) in [6, 6.07) is 7.05. The second-order valence-corrected chi connectivity index (χ2v) is 7.89. The fourth-order valence-corrected chi connectivity index (χ4v) is 4.19. The van der Waals surface area contributed by atoms with Crippen LogP contribution in [0.3, 0.4) is 0 Å². The van der Waals surface area contributed by atoms with Gasteiger partial charge in [-0.1, -0.05) is 22.8 Å². The number of anilines is 1. The number of oxime groups is 1. The van der Waals surface area contributed by atoms with Crippen molar-refractivity contribution in [3.8, 4) is 0 Å². The smallest absolute Gasteiger partial charge is 0.320 e. The lowest BCUT2D eigenvalue weighted by Crippen LogP contribution is -2.53. The van der Waals surface area contributed by atoms with Gasteiger partial charge in [-0.05, 0) is 43.9 Å². The SMILES string of the molecule is O=C(Nc1cccc(Cl)c1)C1=NO[C@@]2(CCCN(C(=O)N3CCCC3)C2)C1. The minimum atomic E-state index is -0.589. The lowest BCUT2D eigenvalue weighted by Gasteiger charge is -2.39. The van der Waals surface area contributed by atoms with Crippen molar-refractivity contribution in [2.75, 3.05) is 31.5 Å². The number of nitrogens with zero attached hydrogens (tertiary/aromatic N) is 3. The van der Waals surface area contributed by atoms with E-state index in [2.05, 4.69) is 10.5 Å². The van der Waals surface area contributed by atoms with Crippen molar-refractivity contribution < 1.29 is 14.4 Å². The predicted octanol–water partition coefficient (Wildman–Crippen LogP) is 3.11. The summed E-state index contributed by atoms with van der Waals surface area (Å²) >= 11 is 5.96. The minimum Gasteiger partial charge on any atom is -0.386 e. The lowest BCUT2D eigenvalue weighted by molar-refractivity contribution is -0.110. The molecule has 1 aromatic carbocycles. The maximum atomic E-state index is 12.7. The molecule has 0 radical (unpaired) electrons. The topological polar surface area (TPSA) is 74.2 Å². The number of nitrogens with one attached hydrogen (secondary N) is 1. The van der Waals surface area contributed by atoms with Gasteiger partial charge in [-0.3, -0.25) is 4.79 Å². The Balaban J connectivity index is 1.38. The van der Waals surface area contributed by atoms with Crippen molar-refractivity contribution in [3.05, 3.63) is 29.3 Å². The molecule has 2 fully saturated rings. The van der Waals surface area contributed by atoms with Gasteiger partial charge in [0, 0.05) is 36.8 Å². The Labute approximate surface area is 163 Å². The summed E-state index contributed by atoms with van der Waals surface area (Å²) in [4.78, 5) is 34.7. The van der Waals surface area contributed by atoms with E-state index in [9.17, 15) is 9.59 Å². The zero-order valence-electron chi connectivity index (χ0n) is 15.1. The Morgan fingerprint density at radius 1 is 1.15 bits per heavy atom. The Morgan fingerprint density at radius 3 is 2.70 bits per heavy atom. The highest BCUT2D eigenvalue weighted by atomic mass is 35.5. The first kappa shape index (κ1) is 18.1. The van der Waals surface area contributed by atoms with E-state index in [1.165, 1.54) is 0 Å². The molecule has 4 rings (SSSR count). The molecule has 7 nitrogen and oxygen atoms in total. The maximum absolute atomic E-state index is 12.7. The molecule has 144 valence electrons. The molecule has 1 spiro atoms. The van der Waals surface area contributed by atoms with E-state index in [0.717, 1.165) is 45.3 Å². The molecule has 1 aromatic rings. The second-order valence-electron chi connectivity index (χ2n) is 7.46. The van der Waals surface area contributed by atoms with Crippen LogP contribution in [0.4, 0.5) is 10.5 Å². The molecule has 0 unspecified atom stereocenters. The predicted molar refractivity (Wildman–Crippen MR) is 103 cm³/mol. The van der Waals surface area contributed by atoms with Gasteiger partial charge < -0.3 is 20.0 Å². The van der Waals surface area contributed by atoms with Gasteiger partial charge in [0.15, 0.2) is 5.60 Å². The summed E-state index contributed by atoms with van der Waals surface area (Å²) in [7, 11) is 0. The van der Waals surface area contributed by atoms with Gasteiger partial charge in [0.25, 0.3) is 5.91 Å². The fourth-order valence-electron chi connectivity index (χ4n) is 4.00. The van der Waals surface area contributed by atoms with Crippen LogP contribution in [0.2, 0.25) is 5.02 Å². The van der Waals surface area contributed by atoms with Crippen molar-refractivity contribution in [2.24, 2.45) is 5.16 Å². The second kappa shape index (κ2) is 7.38. The van der Waals surface area contributed by atoms with E-state index in [0.29, 0.717) is 29.4 Å². The number of benzene rings is 1. The standard InChI is InChI=1S/C19H23ClN4O3/c20-14-5-3-6-15(11-14)21-17(25)16-12-19(27-22-16)7-4-10-24(13-19)18(26)23-8-1-2-9-23/h3,5-6,11H,1-2,4,7-10,12-13H2,(H,21,25)/t19-/m0/s1. The van der Waals surface area contributed by atoms with Gasteiger partial charge >= 0.3 is 6.03 Å². The average Bonchev–Trinajstić information content (AvgIpc) is 3.32. The van der Waals surface area contributed by atoms with Gasteiger partial charge in [-0.2, -0.15) is 0 Å². The Kier molecular flexibility index (Phi) is 4.95. The summed E-state index contributed by atoms with van der Waals surface area (Å²) in [5.74, 6) is -0.294. The molecule has 0 aliphatic carbocycles. The van der Waals surface area contributed by atoms with E-state index in [-0.39, 0.29) is 11.9 Å². The third kappa shape index (κ3) is 3.88. The molecular weight excluding hydrogens is 368 g/mol. The first-order valence-electron chi connectivity index (χ1n) is 9.41. The summed E-state index contributed by atoms with van der Waals surface area (Å²) in [5.41, 5.74) is 0.380. The molecule has 0 aromatic heterocycles. The maximum Gasteiger partial charge on any atom is 0.320 e. The number of amides is 3. The summed E-state index contributed by atoms with van der Waals surface area (Å²) < 4.78 is 0. The average molecular weight is 391 g/mol. The highest BCUT2D eigenvalue weighted by Crippen LogP contribution is 2.34. The van der Waals surface area contributed by atoms with Gasteiger partial charge in [0.1, 0.15) is 5.71 Å². The third-order valence-electron chi connectivity index (χ3n) is 5.37. The number of rotatable bonds is 2. The largest absolute Gasteiger partial charge is 0.386 e. The lowest BCUT2D eigenvalue weighted by atomic mass is 9.88. The Bertz CT molecular complexity index is 778. The zero-order chi connectivity index (χ0) is 18.9. The van der Waals surface area contributed by atoms with Gasteiger partial charge in [0.05, 0.1) is 6.54 Å². The monoisotopic (exact) mass is 390 g/mol. The first-order valence-corrected chi connectivity index (χ1v) is 9.78. The van der Waals surface area contributed by atoms with Crippen LogP contribution in [-0.2, 0) is 9.63 Å². The van der Waals surface area contributed by atoms with E-state index >= 15 is 0 Å². The highest BCUT2D eigenvalue weighted by Gasteiger charge is 2.46. The number of hydrogen-bond donors (Lipinski definition) is 1. The van der Waals surface area contributed by atoms with Gasteiger partial charge in [-0.15, -0.1) is 0 Å². The number of carbonyl (C=O) groups excluding carboxylic acids is 2. The molecule has 8 heteroatoms. The number of piperidine rings is 1. The number of urea groups is 1. The molecule has 0 saturated carbocycles. The number of carbonyl (C=O) groups is 2. The molecular formula is C19H23ClN4O3. The molecule has 3 aliphatic rings. The van der Waals surface area contributed by atoms with E-state index in [4.69, 9.17) is 16.4 Å². The summed E-state index contributed by atoms with van der Waals surface area (Å²) in [6.45, 7) is 2.85. The van der Waals surface area contributed by atoms with Gasteiger partial charge in [0.2, 0.25) is 0 Å². The molecule has 3 amide bonds. The Morgan fingerprint density at radius 2 is 1.93 bits per heavy atom. The van der Waals surface area contributed by atoms with E-state index in [1.54, 1.807) is 24.3 Å². The number of likely N-dealkylation sites (tertiary alicyclic amines) is 2. The molecule has 0 bridgehead atoms. The van der Waals surface area contributed by atoms with E-state index in [1.807, 2.05) is 9.80 Å². The van der Waals surface area contributed by atoms with Crippen molar-refractivity contribution in [1.82, 2.24) is 9.80 Å². The molecule has 27 heavy (non-hydrogen) atoms. The first-order chi connectivity index (χ1) is 13.0. The summed E-state index contributed by atoms with van der Waals surface area (Å²) in [6.07, 6.45) is 4.17. The van der Waals surface area contributed by atoms with Crippen molar-refractivity contribution in [3.63, 3.8) is 0 Å². The van der Waals surface area contributed by atoms with Crippen molar-refractivity contribution in [2.45, 2.75) is 37.7 Å². The van der Waals surface area contributed by atoms with Crippen molar-refractivity contribution >= 4 is 34.9 Å².